The van der Waals surface area contributed by atoms with E-state index in [9.17, 15) is 4.79 Å². The van der Waals surface area contributed by atoms with Crippen molar-refractivity contribution in [3.05, 3.63) is 5.82 Å². The van der Waals surface area contributed by atoms with Crippen LogP contribution in [0.1, 0.15) is 50.3 Å². The fourth-order valence-electron chi connectivity index (χ4n) is 3.02. The Labute approximate surface area is 116 Å². The Morgan fingerprint density at radius 3 is 2.74 bits per heavy atom. The molecule has 0 amide bonds. The minimum absolute atomic E-state index is 0.248. The highest BCUT2D eigenvalue weighted by molar-refractivity contribution is 7.09. The SMILES string of the molecule is O=C(O)C1CCN(c2nc(C3CCCCC3)ns2)C1. The van der Waals surface area contributed by atoms with Crippen molar-refractivity contribution >= 4 is 22.6 Å². The van der Waals surface area contributed by atoms with Gasteiger partial charge < -0.3 is 10.0 Å². The van der Waals surface area contributed by atoms with Crippen molar-refractivity contribution in [3.63, 3.8) is 0 Å². The van der Waals surface area contributed by atoms with Crippen molar-refractivity contribution in [2.45, 2.75) is 44.4 Å². The van der Waals surface area contributed by atoms with Crippen LogP contribution in [0.4, 0.5) is 5.13 Å². The van der Waals surface area contributed by atoms with E-state index in [-0.39, 0.29) is 5.92 Å². The number of hydrogen-bond donors (Lipinski definition) is 1. The monoisotopic (exact) mass is 281 g/mol. The van der Waals surface area contributed by atoms with Crippen LogP contribution in [-0.2, 0) is 4.79 Å². The molecule has 3 rings (SSSR count). The summed E-state index contributed by atoms with van der Waals surface area (Å²) < 4.78 is 4.50. The minimum atomic E-state index is -0.695. The van der Waals surface area contributed by atoms with Gasteiger partial charge in [0.05, 0.1) is 5.92 Å². The summed E-state index contributed by atoms with van der Waals surface area (Å²) in [6.07, 6.45) is 7.02. The third kappa shape index (κ3) is 2.73. The van der Waals surface area contributed by atoms with Crippen LogP contribution in [0.3, 0.4) is 0 Å². The van der Waals surface area contributed by atoms with Crippen molar-refractivity contribution < 1.29 is 9.90 Å². The number of carbonyl (C=O) groups is 1. The van der Waals surface area contributed by atoms with E-state index in [0.717, 1.165) is 17.5 Å². The van der Waals surface area contributed by atoms with Gasteiger partial charge >= 0.3 is 5.97 Å². The number of rotatable bonds is 3. The van der Waals surface area contributed by atoms with Crippen LogP contribution in [0.2, 0.25) is 0 Å². The molecular weight excluding hydrogens is 262 g/mol. The molecule has 1 aliphatic carbocycles. The lowest BCUT2D eigenvalue weighted by Gasteiger charge is -2.18. The molecule has 1 N–H and O–H groups in total. The molecule has 2 heterocycles. The van der Waals surface area contributed by atoms with E-state index >= 15 is 0 Å². The summed E-state index contributed by atoms with van der Waals surface area (Å²) in [7, 11) is 0. The van der Waals surface area contributed by atoms with Gasteiger partial charge in [-0.15, -0.1) is 0 Å². The van der Waals surface area contributed by atoms with E-state index < -0.39 is 5.97 Å². The van der Waals surface area contributed by atoms with Gasteiger partial charge in [-0.3, -0.25) is 4.79 Å². The molecule has 2 aliphatic rings. The van der Waals surface area contributed by atoms with E-state index in [1.165, 1.54) is 43.6 Å². The summed E-state index contributed by atoms with van der Waals surface area (Å²) in [5.74, 6) is 0.566. The molecule has 0 radical (unpaired) electrons. The van der Waals surface area contributed by atoms with Gasteiger partial charge in [-0.1, -0.05) is 19.3 Å². The van der Waals surface area contributed by atoms with Gasteiger partial charge in [0, 0.05) is 30.5 Å². The number of hydrogen-bond acceptors (Lipinski definition) is 5. The molecule has 1 saturated carbocycles. The number of nitrogens with zero attached hydrogens (tertiary/aromatic N) is 3. The second-order valence-electron chi connectivity index (χ2n) is 5.54. The summed E-state index contributed by atoms with van der Waals surface area (Å²) in [6.45, 7) is 1.37. The quantitative estimate of drug-likeness (QED) is 0.922. The van der Waals surface area contributed by atoms with Crippen molar-refractivity contribution in [1.29, 1.82) is 0 Å². The maximum Gasteiger partial charge on any atom is 0.308 e. The summed E-state index contributed by atoms with van der Waals surface area (Å²) >= 11 is 1.43. The molecule has 1 aliphatic heterocycles. The summed E-state index contributed by atoms with van der Waals surface area (Å²) in [5, 5.41) is 9.93. The molecule has 6 heteroatoms. The molecule has 0 aromatic carbocycles. The van der Waals surface area contributed by atoms with Gasteiger partial charge in [-0.25, -0.2) is 4.98 Å². The molecule has 1 aromatic heterocycles. The predicted molar refractivity (Wildman–Crippen MR) is 73.7 cm³/mol. The van der Waals surface area contributed by atoms with Gasteiger partial charge in [-0.2, -0.15) is 4.37 Å². The van der Waals surface area contributed by atoms with Gasteiger partial charge in [0.25, 0.3) is 0 Å². The van der Waals surface area contributed by atoms with Gasteiger partial charge in [0.15, 0.2) is 0 Å². The van der Waals surface area contributed by atoms with Crippen LogP contribution >= 0.6 is 11.5 Å². The van der Waals surface area contributed by atoms with E-state index in [0.29, 0.717) is 18.9 Å². The molecule has 1 aromatic rings. The third-order valence-electron chi connectivity index (χ3n) is 4.21. The molecule has 1 saturated heterocycles. The Morgan fingerprint density at radius 2 is 2.05 bits per heavy atom. The molecule has 1 unspecified atom stereocenters. The fraction of sp³-hybridized carbons (Fsp3) is 0.769. The van der Waals surface area contributed by atoms with Crippen molar-refractivity contribution in [2.24, 2.45) is 5.92 Å². The van der Waals surface area contributed by atoms with E-state index in [4.69, 9.17) is 5.11 Å². The second-order valence-corrected chi connectivity index (χ2v) is 6.27. The molecule has 0 bridgehead atoms. The van der Waals surface area contributed by atoms with Crippen LogP contribution in [0, 0.1) is 5.92 Å². The number of aliphatic carboxylic acids is 1. The molecule has 2 fully saturated rings. The number of carboxylic acids is 1. The lowest BCUT2D eigenvalue weighted by Crippen LogP contribution is -2.22. The number of anilines is 1. The Balaban J connectivity index is 1.66. The zero-order chi connectivity index (χ0) is 13.2. The molecule has 1 atom stereocenters. The number of carboxylic acid groups (broad SMARTS) is 1. The first kappa shape index (κ1) is 12.8. The van der Waals surface area contributed by atoms with Crippen molar-refractivity contribution in [1.82, 2.24) is 9.36 Å². The average molecular weight is 281 g/mol. The first-order valence-corrected chi connectivity index (χ1v) is 7.83. The highest BCUT2D eigenvalue weighted by Gasteiger charge is 2.30. The lowest BCUT2D eigenvalue weighted by molar-refractivity contribution is -0.140. The van der Waals surface area contributed by atoms with E-state index in [1.54, 1.807) is 0 Å². The second kappa shape index (κ2) is 5.45. The van der Waals surface area contributed by atoms with E-state index in [1.807, 2.05) is 0 Å². The molecule has 5 nitrogen and oxygen atoms in total. The van der Waals surface area contributed by atoms with Gasteiger partial charge in [-0.05, 0) is 19.3 Å². The summed E-state index contributed by atoms with van der Waals surface area (Å²) in [4.78, 5) is 17.7. The van der Waals surface area contributed by atoms with Crippen LogP contribution in [0.5, 0.6) is 0 Å². The molecule has 0 spiro atoms. The minimum Gasteiger partial charge on any atom is -0.481 e. The topological polar surface area (TPSA) is 66.3 Å². The lowest BCUT2D eigenvalue weighted by atomic mass is 9.89. The Morgan fingerprint density at radius 1 is 1.26 bits per heavy atom. The number of aromatic nitrogens is 2. The van der Waals surface area contributed by atoms with Crippen LogP contribution in [-0.4, -0.2) is 33.5 Å². The maximum absolute atomic E-state index is 11.0. The maximum atomic E-state index is 11.0. The largest absolute Gasteiger partial charge is 0.481 e. The first-order valence-electron chi connectivity index (χ1n) is 7.05. The Bertz CT molecular complexity index is 456. The van der Waals surface area contributed by atoms with Gasteiger partial charge in [0.2, 0.25) is 5.13 Å². The Hall–Kier alpha value is -1.17. The highest BCUT2D eigenvalue weighted by atomic mass is 32.1. The molecule has 19 heavy (non-hydrogen) atoms. The predicted octanol–water partition coefficient (Wildman–Crippen LogP) is 2.50. The van der Waals surface area contributed by atoms with Gasteiger partial charge in [0.1, 0.15) is 5.82 Å². The van der Waals surface area contributed by atoms with Crippen molar-refractivity contribution in [3.8, 4) is 0 Å². The fourth-order valence-corrected chi connectivity index (χ4v) is 3.80. The van der Waals surface area contributed by atoms with Crippen LogP contribution in [0.15, 0.2) is 0 Å². The van der Waals surface area contributed by atoms with Crippen molar-refractivity contribution in [2.75, 3.05) is 18.0 Å². The summed E-state index contributed by atoms with van der Waals surface area (Å²) in [6, 6.07) is 0. The summed E-state index contributed by atoms with van der Waals surface area (Å²) in [5.41, 5.74) is 0. The Kier molecular flexibility index (Phi) is 3.68. The smallest absolute Gasteiger partial charge is 0.308 e. The van der Waals surface area contributed by atoms with Crippen LogP contribution < -0.4 is 4.90 Å². The third-order valence-corrected chi connectivity index (χ3v) is 5.00. The van der Waals surface area contributed by atoms with Crippen LogP contribution in [0.25, 0.3) is 0 Å². The first-order chi connectivity index (χ1) is 9.24. The standard InChI is InChI=1S/C13H19N3O2S/c17-12(18)10-6-7-16(8-10)13-14-11(15-19-13)9-4-2-1-3-5-9/h9-10H,1-8H2,(H,17,18). The van der Waals surface area contributed by atoms with E-state index in [2.05, 4.69) is 14.3 Å². The normalized spacial score (nSPS) is 24.8. The highest BCUT2D eigenvalue weighted by Crippen LogP contribution is 2.34. The average Bonchev–Trinajstić information content (AvgIpc) is 3.09. The molecule has 104 valence electrons. The molecular formula is C13H19N3O2S. The zero-order valence-corrected chi connectivity index (χ0v) is 11.7. The zero-order valence-electron chi connectivity index (χ0n) is 10.9.